The Bertz CT molecular complexity index is 586. The van der Waals surface area contributed by atoms with E-state index in [1.165, 1.54) is 18.6 Å². The van der Waals surface area contributed by atoms with Crippen molar-refractivity contribution in [2.45, 2.75) is 49.6 Å². The fourth-order valence-electron chi connectivity index (χ4n) is 5.42. The molecule has 4 aliphatic carbocycles. The zero-order valence-electron chi connectivity index (χ0n) is 12.1. The lowest BCUT2D eigenvalue weighted by molar-refractivity contribution is -0.0321. The molecule has 3 N–H and O–H groups in total. The Morgan fingerprint density at radius 1 is 1.24 bits per heavy atom. The summed E-state index contributed by atoms with van der Waals surface area (Å²) in [6.45, 7) is 0. The van der Waals surface area contributed by atoms with Crippen molar-refractivity contribution in [1.82, 2.24) is 5.32 Å². The number of benzene rings is 1. The highest BCUT2D eigenvalue weighted by Crippen LogP contribution is 2.56. The molecule has 2 atom stereocenters. The van der Waals surface area contributed by atoms with Gasteiger partial charge in [-0.2, -0.15) is 0 Å². The zero-order valence-corrected chi connectivity index (χ0v) is 12.1. The molecular weight excluding hydrogens is 267 g/mol. The number of carbonyl (C=O) groups excluding carboxylic acids is 1. The highest BCUT2D eigenvalue weighted by atomic mass is 19.1. The predicted octanol–water partition coefficient (Wildman–Crippen LogP) is 2.61. The van der Waals surface area contributed by atoms with E-state index < -0.39 is 0 Å². The third-order valence-corrected chi connectivity index (χ3v) is 5.57. The van der Waals surface area contributed by atoms with Crippen molar-refractivity contribution in [3.05, 3.63) is 35.6 Å². The number of halogens is 1. The van der Waals surface area contributed by atoms with E-state index in [0.29, 0.717) is 17.4 Å². The van der Waals surface area contributed by atoms with Crippen LogP contribution in [0.2, 0.25) is 0 Å². The van der Waals surface area contributed by atoms with Crippen LogP contribution in [-0.4, -0.2) is 17.0 Å². The van der Waals surface area contributed by atoms with E-state index in [2.05, 4.69) is 5.32 Å². The molecule has 4 aliphatic rings. The molecule has 0 aliphatic heterocycles. The van der Waals surface area contributed by atoms with Crippen LogP contribution in [0.1, 0.15) is 48.9 Å². The van der Waals surface area contributed by atoms with Gasteiger partial charge in [0.15, 0.2) is 0 Å². The van der Waals surface area contributed by atoms with Gasteiger partial charge in [0.2, 0.25) is 0 Å². The van der Waals surface area contributed by atoms with Gasteiger partial charge < -0.3 is 11.1 Å². The predicted molar refractivity (Wildman–Crippen MR) is 78.2 cm³/mol. The van der Waals surface area contributed by atoms with E-state index in [-0.39, 0.29) is 22.8 Å². The molecule has 4 fully saturated rings. The van der Waals surface area contributed by atoms with Gasteiger partial charge in [0.25, 0.3) is 5.91 Å². The van der Waals surface area contributed by atoms with E-state index in [4.69, 9.17) is 5.73 Å². The first-order valence-electron chi connectivity index (χ1n) is 7.82. The van der Waals surface area contributed by atoms with Crippen molar-refractivity contribution in [3.63, 3.8) is 0 Å². The Balaban J connectivity index is 1.58. The maximum absolute atomic E-state index is 13.3. The highest BCUT2D eigenvalue weighted by Gasteiger charge is 2.56. The first-order chi connectivity index (χ1) is 9.95. The first-order valence-corrected chi connectivity index (χ1v) is 7.82. The van der Waals surface area contributed by atoms with Crippen LogP contribution in [0.5, 0.6) is 0 Å². The van der Waals surface area contributed by atoms with E-state index in [9.17, 15) is 9.18 Å². The number of amides is 1. The molecule has 3 nitrogen and oxygen atoms in total. The van der Waals surface area contributed by atoms with Gasteiger partial charge in [-0.15, -0.1) is 0 Å². The van der Waals surface area contributed by atoms with Crippen LogP contribution in [0.15, 0.2) is 24.3 Å². The van der Waals surface area contributed by atoms with Crippen LogP contribution >= 0.6 is 0 Å². The third kappa shape index (κ3) is 2.26. The number of hydrogen-bond acceptors (Lipinski definition) is 2. The minimum absolute atomic E-state index is 0.0979. The largest absolute Gasteiger partial charge is 0.347 e. The van der Waals surface area contributed by atoms with Crippen LogP contribution < -0.4 is 11.1 Å². The Hall–Kier alpha value is -1.42. The van der Waals surface area contributed by atoms with Crippen LogP contribution in [0.25, 0.3) is 0 Å². The molecule has 1 amide bonds. The number of carbonyl (C=O) groups is 1. The quantitative estimate of drug-likeness (QED) is 0.879. The lowest BCUT2D eigenvalue weighted by atomic mass is 9.50. The minimum atomic E-state index is -0.372. The fraction of sp³-hybridized carbons (Fsp3) is 0.588. The van der Waals surface area contributed by atoms with E-state index >= 15 is 0 Å². The maximum atomic E-state index is 13.3. The van der Waals surface area contributed by atoms with Crippen molar-refractivity contribution < 1.29 is 9.18 Å². The second-order valence-corrected chi connectivity index (χ2v) is 7.57. The molecule has 4 bridgehead atoms. The molecule has 0 heterocycles. The molecule has 0 radical (unpaired) electrons. The van der Waals surface area contributed by atoms with Gasteiger partial charge in [-0.1, -0.05) is 6.07 Å². The van der Waals surface area contributed by atoms with E-state index in [0.717, 1.165) is 32.1 Å². The molecule has 21 heavy (non-hydrogen) atoms. The lowest BCUT2D eigenvalue weighted by Crippen LogP contribution is -2.68. The van der Waals surface area contributed by atoms with Gasteiger partial charge in [0.1, 0.15) is 5.82 Å². The minimum Gasteiger partial charge on any atom is -0.347 e. The number of hydrogen-bond donors (Lipinski definition) is 2. The molecule has 112 valence electrons. The normalized spacial score (nSPS) is 40.3. The van der Waals surface area contributed by atoms with Crippen LogP contribution in [0.4, 0.5) is 4.39 Å². The Labute approximate surface area is 124 Å². The SMILES string of the molecule is NC12CC3CC(C1)CC(NC(=O)c1cccc(F)c1)(C3)C2. The molecule has 4 saturated carbocycles. The molecular formula is C17H21FN2O. The Morgan fingerprint density at radius 3 is 2.57 bits per heavy atom. The van der Waals surface area contributed by atoms with Crippen molar-refractivity contribution in [1.29, 1.82) is 0 Å². The third-order valence-electron chi connectivity index (χ3n) is 5.57. The monoisotopic (exact) mass is 288 g/mol. The summed E-state index contributed by atoms with van der Waals surface area (Å²) in [5, 5.41) is 3.21. The summed E-state index contributed by atoms with van der Waals surface area (Å²) in [5.41, 5.74) is 6.67. The number of rotatable bonds is 2. The van der Waals surface area contributed by atoms with Gasteiger partial charge in [0.05, 0.1) is 0 Å². The maximum Gasteiger partial charge on any atom is 0.251 e. The molecule has 4 heteroatoms. The summed E-state index contributed by atoms with van der Waals surface area (Å²) < 4.78 is 13.3. The first kappa shape index (κ1) is 13.3. The summed E-state index contributed by atoms with van der Waals surface area (Å²) in [5.74, 6) is 0.747. The molecule has 2 unspecified atom stereocenters. The van der Waals surface area contributed by atoms with Crippen LogP contribution in [-0.2, 0) is 0 Å². The molecule has 5 rings (SSSR count). The lowest BCUT2D eigenvalue weighted by Gasteiger charge is -2.61. The Morgan fingerprint density at radius 2 is 1.95 bits per heavy atom. The highest BCUT2D eigenvalue weighted by molar-refractivity contribution is 5.94. The van der Waals surface area contributed by atoms with Gasteiger partial charge >= 0.3 is 0 Å². The summed E-state index contributed by atoms with van der Waals surface area (Å²) in [7, 11) is 0. The van der Waals surface area contributed by atoms with Gasteiger partial charge in [-0.3, -0.25) is 4.79 Å². The summed E-state index contributed by atoms with van der Waals surface area (Å²) in [6, 6.07) is 5.90. The number of nitrogens with one attached hydrogen (secondary N) is 1. The van der Waals surface area contributed by atoms with Crippen LogP contribution in [0.3, 0.4) is 0 Å². The van der Waals surface area contributed by atoms with E-state index in [1.54, 1.807) is 12.1 Å². The van der Waals surface area contributed by atoms with Crippen LogP contribution in [0, 0.1) is 17.7 Å². The average Bonchev–Trinajstić information content (AvgIpc) is 2.34. The fourth-order valence-corrected chi connectivity index (χ4v) is 5.42. The summed E-state index contributed by atoms with van der Waals surface area (Å²) >= 11 is 0. The van der Waals surface area contributed by atoms with Crippen molar-refractivity contribution >= 4 is 5.91 Å². The second kappa shape index (κ2) is 4.29. The molecule has 0 aromatic heterocycles. The molecule has 1 aromatic rings. The van der Waals surface area contributed by atoms with Gasteiger partial charge in [-0.25, -0.2) is 4.39 Å². The van der Waals surface area contributed by atoms with Gasteiger partial charge in [0, 0.05) is 16.6 Å². The summed E-state index contributed by atoms with van der Waals surface area (Å²) in [4.78, 5) is 12.5. The average molecular weight is 288 g/mol. The Kier molecular flexibility index (Phi) is 2.71. The number of nitrogens with two attached hydrogens (primary N) is 1. The second-order valence-electron chi connectivity index (χ2n) is 7.57. The van der Waals surface area contributed by atoms with Crippen molar-refractivity contribution in [2.75, 3.05) is 0 Å². The topological polar surface area (TPSA) is 55.1 Å². The standard InChI is InChI=1S/C17H21FN2O/c18-14-3-1-2-13(5-14)15(21)20-17-8-11-4-12(9-17)7-16(19,6-11)10-17/h1-3,5,11-12H,4,6-10,19H2,(H,20,21). The smallest absolute Gasteiger partial charge is 0.251 e. The van der Waals surface area contributed by atoms with Gasteiger partial charge in [-0.05, 0) is 68.6 Å². The molecule has 0 saturated heterocycles. The zero-order chi connectivity index (χ0) is 14.7. The van der Waals surface area contributed by atoms with Crippen molar-refractivity contribution in [3.8, 4) is 0 Å². The summed E-state index contributed by atoms with van der Waals surface area (Å²) in [6.07, 6.45) is 6.39. The van der Waals surface area contributed by atoms with Crippen molar-refractivity contribution in [2.24, 2.45) is 17.6 Å². The molecule has 0 spiro atoms. The van der Waals surface area contributed by atoms with E-state index in [1.807, 2.05) is 0 Å². The molecule has 1 aromatic carbocycles.